The molecule has 0 bridgehead atoms. The summed E-state index contributed by atoms with van der Waals surface area (Å²) in [5.41, 5.74) is 2.90. The van der Waals surface area contributed by atoms with Crippen LogP contribution in [-0.2, 0) is 9.53 Å². The molecule has 4 nitrogen and oxygen atoms in total. The van der Waals surface area contributed by atoms with Crippen LogP contribution < -0.4 is 0 Å². The van der Waals surface area contributed by atoms with Gasteiger partial charge in [0.2, 0.25) is 0 Å². The van der Waals surface area contributed by atoms with Crippen molar-refractivity contribution in [3.05, 3.63) is 35.5 Å². The third-order valence-corrected chi connectivity index (χ3v) is 4.61. The Kier molecular flexibility index (Phi) is 7.06. The van der Waals surface area contributed by atoms with Crippen LogP contribution in [0.5, 0.6) is 0 Å². The van der Waals surface area contributed by atoms with Crippen molar-refractivity contribution in [1.82, 2.24) is 0 Å². The Labute approximate surface area is 138 Å². The second-order valence-corrected chi connectivity index (χ2v) is 6.49. The first-order chi connectivity index (χ1) is 11.1. The number of hydrogen-bond acceptors (Lipinski definition) is 3. The van der Waals surface area contributed by atoms with E-state index in [9.17, 15) is 9.90 Å². The highest BCUT2D eigenvalue weighted by Crippen LogP contribution is 2.32. The molecule has 2 rings (SSSR count). The average Bonchev–Trinajstić information content (AvgIpc) is 2.56. The van der Waals surface area contributed by atoms with E-state index in [1.54, 1.807) is 6.92 Å². The second-order valence-electron chi connectivity index (χ2n) is 6.49. The Morgan fingerprint density at radius 3 is 3.00 bits per heavy atom. The smallest absolute Gasteiger partial charge is 0.335 e. The molecule has 0 aliphatic heterocycles. The molecule has 0 saturated heterocycles. The fourth-order valence-electron chi connectivity index (χ4n) is 3.12. The van der Waals surface area contributed by atoms with Crippen LogP contribution >= 0.6 is 0 Å². The van der Waals surface area contributed by atoms with Crippen LogP contribution in [0.15, 0.2) is 35.5 Å². The summed E-state index contributed by atoms with van der Waals surface area (Å²) < 4.78 is 5.36. The zero-order valence-electron chi connectivity index (χ0n) is 13.9. The molecule has 2 N–H and O–H groups in total. The summed E-state index contributed by atoms with van der Waals surface area (Å²) in [7, 11) is 0. The third-order valence-electron chi connectivity index (χ3n) is 4.61. The predicted molar refractivity (Wildman–Crippen MR) is 90.2 cm³/mol. The highest BCUT2D eigenvalue weighted by Gasteiger charge is 2.21. The van der Waals surface area contributed by atoms with E-state index < -0.39 is 18.2 Å². The fourth-order valence-corrected chi connectivity index (χ4v) is 3.12. The first kappa shape index (κ1) is 18.0. The molecule has 3 atom stereocenters. The van der Waals surface area contributed by atoms with Crippen molar-refractivity contribution in [2.24, 2.45) is 5.92 Å². The Bertz CT molecular complexity index is 490. The molecule has 0 saturated carbocycles. The van der Waals surface area contributed by atoms with E-state index in [1.165, 1.54) is 30.4 Å². The van der Waals surface area contributed by atoms with E-state index in [0.29, 0.717) is 12.5 Å². The van der Waals surface area contributed by atoms with Crippen LogP contribution in [0.3, 0.4) is 0 Å². The van der Waals surface area contributed by atoms with Crippen molar-refractivity contribution in [3.8, 4) is 0 Å². The predicted octanol–water partition coefficient (Wildman–Crippen LogP) is 3.62. The number of allylic oxidation sites excluding steroid dienone is 6. The lowest BCUT2D eigenvalue weighted by molar-refractivity contribution is -0.154. The highest BCUT2D eigenvalue weighted by atomic mass is 16.5. The average molecular weight is 320 g/mol. The number of aliphatic carboxylic acids is 1. The van der Waals surface area contributed by atoms with Crippen LogP contribution in [0.25, 0.3) is 0 Å². The highest BCUT2D eigenvalue weighted by molar-refractivity contribution is 5.72. The van der Waals surface area contributed by atoms with Gasteiger partial charge >= 0.3 is 5.97 Å². The van der Waals surface area contributed by atoms with Gasteiger partial charge in [-0.05, 0) is 56.6 Å². The topological polar surface area (TPSA) is 66.8 Å². The normalized spacial score (nSPS) is 22.8. The maximum absolute atomic E-state index is 10.6. The van der Waals surface area contributed by atoms with E-state index in [-0.39, 0.29) is 0 Å². The Morgan fingerprint density at radius 2 is 2.22 bits per heavy atom. The molecule has 0 fully saturated rings. The van der Waals surface area contributed by atoms with E-state index in [2.05, 4.69) is 24.3 Å². The van der Waals surface area contributed by atoms with Gasteiger partial charge in [-0.2, -0.15) is 0 Å². The van der Waals surface area contributed by atoms with Gasteiger partial charge in [-0.15, -0.1) is 0 Å². The number of carboxylic acid groups (broad SMARTS) is 1. The minimum atomic E-state index is -1.44. The first-order valence-electron chi connectivity index (χ1n) is 8.69. The van der Waals surface area contributed by atoms with E-state index in [4.69, 9.17) is 9.84 Å². The van der Waals surface area contributed by atoms with E-state index in [1.807, 2.05) is 0 Å². The molecule has 2 aliphatic rings. The van der Waals surface area contributed by atoms with Gasteiger partial charge < -0.3 is 14.9 Å². The van der Waals surface area contributed by atoms with Gasteiger partial charge in [0, 0.05) is 12.5 Å². The van der Waals surface area contributed by atoms with Gasteiger partial charge in [-0.1, -0.05) is 30.7 Å². The van der Waals surface area contributed by atoms with Crippen LogP contribution in [0.4, 0.5) is 0 Å². The minimum Gasteiger partial charge on any atom is -0.479 e. The molecule has 0 amide bonds. The molecule has 0 aromatic carbocycles. The maximum atomic E-state index is 10.6. The van der Waals surface area contributed by atoms with Crippen molar-refractivity contribution in [2.75, 3.05) is 6.61 Å². The number of carboxylic acids is 1. The summed E-state index contributed by atoms with van der Waals surface area (Å²) in [5, 5.41) is 18.0. The molecule has 23 heavy (non-hydrogen) atoms. The van der Waals surface area contributed by atoms with Crippen LogP contribution in [0.1, 0.15) is 51.9 Å². The molecule has 1 unspecified atom stereocenters. The van der Waals surface area contributed by atoms with Gasteiger partial charge in [-0.3, -0.25) is 0 Å². The maximum Gasteiger partial charge on any atom is 0.335 e. The lowest BCUT2D eigenvalue weighted by atomic mass is 9.82. The van der Waals surface area contributed by atoms with E-state index in [0.717, 1.165) is 25.7 Å². The van der Waals surface area contributed by atoms with Crippen molar-refractivity contribution in [3.63, 3.8) is 0 Å². The standard InChI is InChI=1S/C19H28O4/c1-14(18(20)19(21)22)23-12-6-2-3-7-15-10-11-16-8-4-5-9-17(16)13-15/h9-11,13-14,16,18,20H,2-8,12H2,1H3,(H,21,22)/t14-,16?,18+/m0/s1. The number of fused-ring (bicyclic) bond motifs is 1. The van der Waals surface area contributed by atoms with E-state index >= 15 is 0 Å². The van der Waals surface area contributed by atoms with Crippen molar-refractivity contribution < 1.29 is 19.7 Å². The fraction of sp³-hybridized carbons (Fsp3) is 0.632. The SMILES string of the molecule is C[C@H](OCCCCCC1=CC2=CCCCC2C=C1)[C@@H](O)C(=O)O. The van der Waals surface area contributed by atoms with Crippen molar-refractivity contribution in [1.29, 1.82) is 0 Å². The third kappa shape index (κ3) is 5.63. The molecule has 128 valence electrons. The summed E-state index contributed by atoms with van der Waals surface area (Å²) in [4.78, 5) is 10.6. The van der Waals surface area contributed by atoms with Gasteiger partial charge in [0.15, 0.2) is 6.10 Å². The first-order valence-corrected chi connectivity index (χ1v) is 8.69. The van der Waals surface area contributed by atoms with Gasteiger partial charge in [0.25, 0.3) is 0 Å². The minimum absolute atomic E-state index is 0.494. The number of aliphatic hydroxyl groups excluding tert-OH is 1. The monoisotopic (exact) mass is 320 g/mol. The number of unbranched alkanes of at least 4 members (excludes halogenated alkanes) is 2. The van der Waals surface area contributed by atoms with Crippen LogP contribution in [-0.4, -0.2) is 35.0 Å². The summed E-state index contributed by atoms with van der Waals surface area (Å²) in [5.74, 6) is -0.591. The van der Waals surface area contributed by atoms with Crippen LogP contribution in [0.2, 0.25) is 0 Å². The molecular weight excluding hydrogens is 292 g/mol. The summed E-state index contributed by atoms with van der Waals surface area (Å²) in [6.07, 6.45) is 15.2. The number of ether oxygens (including phenoxy) is 1. The zero-order valence-corrected chi connectivity index (χ0v) is 13.9. The quantitative estimate of drug-likeness (QED) is 0.637. The largest absolute Gasteiger partial charge is 0.479 e. The lowest BCUT2D eigenvalue weighted by Crippen LogP contribution is -2.33. The summed E-state index contributed by atoms with van der Waals surface area (Å²) >= 11 is 0. The van der Waals surface area contributed by atoms with Gasteiger partial charge in [0.05, 0.1) is 6.10 Å². The Morgan fingerprint density at radius 1 is 1.39 bits per heavy atom. The van der Waals surface area contributed by atoms with Crippen LogP contribution in [0, 0.1) is 5.92 Å². The number of aliphatic hydroxyl groups is 1. The van der Waals surface area contributed by atoms with Gasteiger partial charge in [-0.25, -0.2) is 4.79 Å². The van der Waals surface area contributed by atoms with Gasteiger partial charge in [0.1, 0.15) is 0 Å². The second kappa shape index (κ2) is 9.04. The molecule has 0 aromatic heterocycles. The summed E-state index contributed by atoms with van der Waals surface area (Å²) in [6, 6.07) is 0. The zero-order chi connectivity index (χ0) is 16.7. The number of hydrogen-bond donors (Lipinski definition) is 2. The molecule has 2 aliphatic carbocycles. The molecular formula is C19H28O4. The molecule has 0 radical (unpaired) electrons. The lowest BCUT2D eigenvalue weighted by Gasteiger charge is -2.23. The number of carbonyl (C=O) groups is 1. The Hall–Kier alpha value is -1.39. The summed E-state index contributed by atoms with van der Waals surface area (Å²) in [6.45, 7) is 2.08. The molecule has 0 spiro atoms. The van der Waals surface area contributed by atoms with Crippen molar-refractivity contribution >= 4 is 5.97 Å². The molecule has 0 aromatic rings. The molecule has 0 heterocycles. The molecule has 4 heteroatoms. The Balaban J connectivity index is 1.59. The van der Waals surface area contributed by atoms with Crippen molar-refractivity contribution in [2.45, 2.75) is 64.1 Å². The number of rotatable bonds is 9.